The van der Waals surface area contributed by atoms with Crippen LogP contribution in [-0.4, -0.2) is 6.54 Å². The summed E-state index contributed by atoms with van der Waals surface area (Å²) in [6.07, 6.45) is 8.16. The number of hydrogen-bond acceptors (Lipinski definition) is 1. The highest BCUT2D eigenvalue weighted by molar-refractivity contribution is 14.1. The molecule has 0 amide bonds. The molecule has 1 rings (SSSR count). The molecule has 0 spiro atoms. The van der Waals surface area contributed by atoms with E-state index in [0.29, 0.717) is 0 Å². The molecule has 1 nitrogen and oxygen atoms in total. The molecule has 0 unspecified atom stereocenters. The van der Waals surface area contributed by atoms with E-state index in [1.165, 1.54) is 47.8 Å². The van der Waals surface area contributed by atoms with Gasteiger partial charge in [-0.1, -0.05) is 51.2 Å². The molecule has 0 aromatic heterocycles. The average Bonchev–Trinajstić information content (AvgIpc) is 2.30. The summed E-state index contributed by atoms with van der Waals surface area (Å²) in [5.74, 6) is 0. The first-order chi connectivity index (χ1) is 7.84. The summed E-state index contributed by atoms with van der Waals surface area (Å²) in [7, 11) is 0. The largest absolute Gasteiger partial charge is 0.384 e. The summed E-state index contributed by atoms with van der Waals surface area (Å²) in [5.41, 5.74) is 1.27. The predicted molar refractivity (Wildman–Crippen MR) is 81.0 cm³/mol. The van der Waals surface area contributed by atoms with Gasteiger partial charge in [-0.05, 0) is 41.1 Å². The van der Waals surface area contributed by atoms with Crippen molar-refractivity contribution in [3.05, 3.63) is 27.8 Å². The Bertz CT molecular complexity index is 286. The lowest BCUT2D eigenvalue weighted by Gasteiger charge is -2.07. The molecule has 0 bridgehead atoms. The summed E-state index contributed by atoms with van der Waals surface area (Å²) in [5, 5.41) is 3.50. The van der Waals surface area contributed by atoms with Gasteiger partial charge in [0.25, 0.3) is 0 Å². The minimum absolute atomic E-state index is 1.10. The van der Waals surface area contributed by atoms with Gasteiger partial charge in [0.05, 0.1) is 0 Å². The van der Waals surface area contributed by atoms with Crippen LogP contribution in [-0.2, 0) is 0 Å². The molecule has 1 N–H and O–H groups in total. The Kier molecular flexibility index (Phi) is 7.64. The maximum atomic E-state index is 3.50. The van der Waals surface area contributed by atoms with Crippen molar-refractivity contribution in [1.29, 1.82) is 0 Å². The first-order valence-electron chi connectivity index (χ1n) is 6.33. The number of anilines is 1. The fraction of sp³-hybridized carbons (Fsp3) is 0.571. The minimum Gasteiger partial charge on any atom is -0.384 e. The summed E-state index contributed by atoms with van der Waals surface area (Å²) >= 11 is 2.38. The highest BCUT2D eigenvalue weighted by Crippen LogP contribution is 2.17. The lowest BCUT2D eigenvalue weighted by atomic mass is 10.1. The van der Waals surface area contributed by atoms with E-state index in [4.69, 9.17) is 0 Å². The molecule has 1 aromatic carbocycles. The Balaban J connectivity index is 2.05. The van der Waals surface area contributed by atoms with Gasteiger partial charge in [0, 0.05) is 15.8 Å². The van der Waals surface area contributed by atoms with Crippen molar-refractivity contribution in [3.8, 4) is 0 Å². The Hall–Kier alpha value is -0.250. The Morgan fingerprint density at radius 1 is 1.00 bits per heavy atom. The topological polar surface area (TPSA) is 12.0 Å². The molecular formula is C14H22IN. The first-order valence-corrected chi connectivity index (χ1v) is 7.41. The van der Waals surface area contributed by atoms with E-state index in [1.807, 2.05) is 0 Å². The zero-order valence-corrected chi connectivity index (χ0v) is 12.3. The molecule has 1 aromatic rings. The Labute approximate surface area is 113 Å². The van der Waals surface area contributed by atoms with Crippen LogP contribution in [0, 0.1) is 3.57 Å². The van der Waals surface area contributed by atoms with Crippen LogP contribution in [0.4, 0.5) is 5.69 Å². The quantitative estimate of drug-likeness (QED) is 0.518. The monoisotopic (exact) mass is 331 g/mol. The van der Waals surface area contributed by atoms with Crippen LogP contribution in [0.25, 0.3) is 0 Å². The van der Waals surface area contributed by atoms with Gasteiger partial charge in [-0.2, -0.15) is 0 Å². The van der Waals surface area contributed by atoms with Gasteiger partial charge in [0.2, 0.25) is 0 Å². The maximum absolute atomic E-state index is 3.50. The molecule has 0 aliphatic carbocycles. The third-order valence-corrected chi connectivity index (χ3v) is 3.66. The molecular weight excluding hydrogens is 309 g/mol. The van der Waals surface area contributed by atoms with Gasteiger partial charge in [0.1, 0.15) is 0 Å². The molecule has 0 fully saturated rings. The van der Waals surface area contributed by atoms with E-state index < -0.39 is 0 Å². The zero-order chi connectivity index (χ0) is 11.6. The van der Waals surface area contributed by atoms with Crippen molar-refractivity contribution >= 4 is 28.3 Å². The van der Waals surface area contributed by atoms with Gasteiger partial charge in [0.15, 0.2) is 0 Å². The lowest BCUT2D eigenvalue weighted by Crippen LogP contribution is -2.02. The van der Waals surface area contributed by atoms with Crippen LogP contribution in [0.5, 0.6) is 0 Å². The van der Waals surface area contributed by atoms with Crippen LogP contribution in [0.3, 0.4) is 0 Å². The molecule has 2 heteroatoms. The van der Waals surface area contributed by atoms with Crippen molar-refractivity contribution in [2.24, 2.45) is 0 Å². The second-order valence-electron chi connectivity index (χ2n) is 4.17. The normalized spacial score (nSPS) is 10.4. The number of halogens is 1. The molecule has 0 radical (unpaired) electrons. The van der Waals surface area contributed by atoms with Crippen LogP contribution in [0.2, 0.25) is 0 Å². The number of rotatable bonds is 8. The first kappa shape index (κ1) is 13.8. The SMILES string of the molecule is CCCCCCCCNc1ccccc1I. The van der Waals surface area contributed by atoms with Crippen molar-refractivity contribution in [1.82, 2.24) is 0 Å². The molecule has 90 valence electrons. The molecule has 0 saturated carbocycles. The van der Waals surface area contributed by atoms with E-state index in [9.17, 15) is 0 Å². The van der Waals surface area contributed by atoms with Crippen LogP contribution >= 0.6 is 22.6 Å². The van der Waals surface area contributed by atoms with E-state index in [1.54, 1.807) is 0 Å². The highest BCUT2D eigenvalue weighted by Gasteiger charge is 1.96. The zero-order valence-electron chi connectivity index (χ0n) is 10.1. The maximum Gasteiger partial charge on any atom is 0.0475 e. The summed E-state index contributed by atoms with van der Waals surface area (Å²) in [6.45, 7) is 3.37. The summed E-state index contributed by atoms with van der Waals surface area (Å²) in [6, 6.07) is 8.46. The van der Waals surface area contributed by atoms with E-state index >= 15 is 0 Å². The van der Waals surface area contributed by atoms with Gasteiger partial charge in [-0.25, -0.2) is 0 Å². The number of hydrogen-bond donors (Lipinski definition) is 1. The summed E-state index contributed by atoms with van der Waals surface area (Å²) in [4.78, 5) is 0. The number of nitrogens with one attached hydrogen (secondary N) is 1. The van der Waals surface area contributed by atoms with E-state index in [-0.39, 0.29) is 0 Å². The lowest BCUT2D eigenvalue weighted by molar-refractivity contribution is 0.617. The summed E-state index contributed by atoms with van der Waals surface area (Å²) < 4.78 is 1.31. The van der Waals surface area contributed by atoms with Crippen molar-refractivity contribution in [2.45, 2.75) is 45.4 Å². The fourth-order valence-corrected chi connectivity index (χ4v) is 2.31. The molecule has 0 atom stereocenters. The molecule has 16 heavy (non-hydrogen) atoms. The standard InChI is InChI=1S/C14H22IN/c1-2-3-4-5-6-9-12-16-14-11-8-7-10-13(14)15/h7-8,10-11,16H,2-6,9,12H2,1H3. The number of benzene rings is 1. The Morgan fingerprint density at radius 2 is 1.69 bits per heavy atom. The molecule has 0 aliphatic heterocycles. The second kappa shape index (κ2) is 8.85. The third-order valence-electron chi connectivity index (χ3n) is 2.72. The number of unbranched alkanes of at least 4 members (excludes halogenated alkanes) is 5. The van der Waals surface area contributed by atoms with Gasteiger partial charge >= 0.3 is 0 Å². The van der Waals surface area contributed by atoms with Crippen LogP contribution < -0.4 is 5.32 Å². The average molecular weight is 331 g/mol. The number of para-hydroxylation sites is 1. The van der Waals surface area contributed by atoms with E-state index in [0.717, 1.165) is 6.54 Å². The molecule has 0 heterocycles. The minimum atomic E-state index is 1.10. The van der Waals surface area contributed by atoms with Crippen molar-refractivity contribution in [2.75, 3.05) is 11.9 Å². The smallest absolute Gasteiger partial charge is 0.0475 e. The fourth-order valence-electron chi connectivity index (χ4n) is 1.73. The molecule has 0 aliphatic rings. The van der Waals surface area contributed by atoms with Gasteiger partial charge in [-0.15, -0.1) is 0 Å². The second-order valence-corrected chi connectivity index (χ2v) is 5.34. The Morgan fingerprint density at radius 3 is 2.44 bits per heavy atom. The third kappa shape index (κ3) is 5.73. The van der Waals surface area contributed by atoms with Crippen LogP contribution in [0.15, 0.2) is 24.3 Å². The van der Waals surface area contributed by atoms with E-state index in [2.05, 4.69) is 59.1 Å². The van der Waals surface area contributed by atoms with Gasteiger partial charge in [-0.3, -0.25) is 0 Å². The van der Waals surface area contributed by atoms with Gasteiger partial charge < -0.3 is 5.32 Å². The molecule has 0 saturated heterocycles. The van der Waals surface area contributed by atoms with Crippen molar-refractivity contribution < 1.29 is 0 Å². The predicted octanol–water partition coefficient (Wildman–Crippen LogP) is 5.06. The van der Waals surface area contributed by atoms with Crippen LogP contribution in [0.1, 0.15) is 45.4 Å². The van der Waals surface area contributed by atoms with Crippen molar-refractivity contribution in [3.63, 3.8) is 0 Å². The highest BCUT2D eigenvalue weighted by atomic mass is 127.